The Morgan fingerprint density at radius 3 is 1.70 bits per heavy atom. The minimum Gasteiger partial charge on any atom is -0.328 e. The van der Waals surface area contributed by atoms with E-state index in [1.807, 2.05) is 0 Å². The molecule has 2 aliphatic rings. The zero-order chi connectivity index (χ0) is 19.5. The van der Waals surface area contributed by atoms with Gasteiger partial charge in [0.15, 0.2) is 6.73 Å². The van der Waals surface area contributed by atoms with Crippen LogP contribution >= 0.6 is 16.9 Å². The van der Waals surface area contributed by atoms with Crippen LogP contribution in [-0.4, -0.2) is 113 Å². The molecule has 0 saturated carbocycles. The van der Waals surface area contributed by atoms with Crippen molar-refractivity contribution in [2.45, 2.75) is 19.3 Å². The molecule has 2 saturated heterocycles. The van der Waals surface area contributed by atoms with E-state index < -0.39 is 16.9 Å². The standard InChI is InChI=1S/C15H32N4O6P2/c20-26(21)24-14-18-8-2-6-16-4-1-5-17(11-12-18)7-3-9-19(13-10-16)15-25-27(22)23/h20-21H,1-15H2/p+1. The Hall–Kier alpha value is 0.170. The van der Waals surface area contributed by atoms with Crippen molar-refractivity contribution in [3.8, 4) is 0 Å². The fourth-order valence-corrected chi connectivity index (χ4v) is 4.07. The molecule has 0 radical (unpaired) electrons. The highest BCUT2D eigenvalue weighted by Crippen LogP contribution is 2.24. The van der Waals surface area contributed by atoms with Gasteiger partial charge in [-0.3, -0.25) is 14.3 Å². The SMILES string of the molecule is O=[P+](O)OCN1CCCN2CCCN(CCCN(COP(O)O)CC2)CC1. The fourth-order valence-electron chi connectivity index (χ4n) is 3.54. The highest BCUT2D eigenvalue weighted by molar-refractivity contribution is 7.39. The van der Waals surface area contributed by atoms with Gasteiger partial charge in [-0.25, -0.2) is 0 Å². The summed E-state index contributed by atoms with van der Waals surface area (Å²) in [5, 5.41) is 0. The van der Waals surface area contributed by atoms with Crippen LogP contribution in [0, 0.1) is 0 Å². The molecule has 0 amide bonds. The van der Waals surface area contributed by atoms with E-state index in [4.69, 9.17) is 23.7 Å². The number of hydrogen-bond donors (Lipinski definition) is 3. The molecule has 0 aromatic carbocycles. The van der Waals surface area contributed by atoms with Gasteiger partial charge in [-0.05, 0) is 45.4 Å². The van der Waals surface area contributed by atoms with Gasteiger partial charge in [0.2, 0.25) is 0 Å². The molecule has 0 aliphatic carbocycles. The lowest BCUT2D eigenvalue weighted by atomic mass is 10.3. The molecule has 0 aromatic rings. The molecule has 3 N–H and O–H groups in total. The minimum absolute atomic E-state index is 0.190. The Labute approximate surface area is 163 Å². The predicted octanol–water partition coefficient (Wildman–Crippen LogP) is 0.201. The van der Waals surface area contributed by atoms with E-state index in [1.54, 1.807) is 0 Å². The molecular weight excluding hydrogens is 394 g/mol. The van der Waals surface area contributed by atoms with Gasteiger partial charge in [0.05, 0.1) is 0 Å². The van der Waals surface area contributed by atoms with Crippen molar-refractivity contribution < 1.29 is 28.3 Å². The van der Waals surface area contributed by atoms with Crippen LogP contribution in [0.15, 0.2) is 0 Å². The van der Waals surface area contributed by atoms with E-state index in [0.29, 0.717) is 0 Å². The quantitative estimate of drug-likeness (QED) is 0.509. The monoisotopic (exact) mass is 427 g/mol. The first-order chi connectivity index (χ1) is 13.0. The van der Waals surface area contributed by atoms with E-state index in [-0.39, 0.29) is 13.5 Å². The van der Waals surface area contributed by atoms with Gasteiger partial charge in [0.25, 0.3) is 0 Å². The van der Waals surface area contributed by atoms with Crippen molar-refractivity contribution in [3.63, 3.8) is 0 Å². The maximum Gasteiger partial charge on any atom is 0.696 e. The van der Waals surface area contributed by atoms with E-state index in [1.165, 1.54) is 0 Å². The minimum atomic E-state index is -2.56. The molecule has 2 aliphatic heterocycles. The van der Waals surface area contributed by atoms with E-state index in [9.17, 15) is 4.57 Å². The number of fused-ring (bicyclic) bond motifs is 4. The number of hydrogen-bond acceptors (Lipinski definition) is 9. The average Bonchev–Trinajstić information content (AvgIpc) is 2.69. The van der Waals surface area contributed by atoms with E-state index >= 15 is 0 Å². The normalized spacial score (nSPS) is 28.1. The molecule has 158 valence electrons. The third kappa shape index (κ3) is 10.5. The summed E-state index contributed by atoms with van der Waals surface area (Å²) in [5.41, 5.74) is 0. The maximum absolute atomic E-state index is 10.8. The van der Waals surface area contributed by atoms with Crippen LogP contribution < -0.4 is 0 Å². The highest BCUT2D eigenvalue weighted by Gasteiger charge is 2.20. The Kier molecular flexibility index (Phi) is 11.6. The van der Waals surface area contributed by atoms with Crippen molar-refractivity contribution in [2.75, 3.05) is 78.9 Å². The molecule has 10 nitrogen and oxygen atoms in total. The van der Waals surface area contributed by atoms with E-state index in [2.05, 4.69) is 19.6 Å². The van der Waals surface area contributed by atoms with Crippen molar-refractivity contribution in [2.24, 2.45) is 0 Å². The topological polar surface area (TPSA) is 109 Å². The van der Waals surface area contributed by atoms with Gasteiger partial charge < -0.3 is 19.6 Å². The van der Waals surface area contributed by atoms with Crippen molar-refractivity contribution in [3.05, 3.63) is 0 Å². The van der Waals surface area contributed by atoms with Gasteiger partial charge in [-0.1, -0.05) is 0 Å². The van der Waals surface area contributed by atoms with Gasteiger partial charge in [-0.15, -0.1) is 9.42 Å². The molecule has 2 rings (SSSR count). The summed E-state index contributed by atoms with van der Waals surface area (Å²) in [4.78, 5) is 36.1. The van der Waals surface area contributed by atoms with Gasteiger partial charge in [0.1, 0.15) is 6.73 Å². The molecule has 12 heteroatoms. The largest absolute Gasteiger partial charge is 0.696 e. The van der Waals surface area contributed by atoms with Crippen molar-refractivity contribution >= 4 is 16.9 Å². The molecular formula is C15H33N4O6P2+. The first-order valence-electron chi connectivity index (χ1n) is 9.52. The van der Waals surface area contributed by atoms with Crippen LogP contribution in [0.4, 0.5) is 0 Å². The second-order valence-electron chi connectivity index (χ2n) is 6.99. The second kappa shape index (κ2) is 13.4. The Balaban J connectivity index is 1.95. The first-order valence-corrected chi connectivity index (χ1v) is 11.8. The lowest BCUT2D eigenvalue weighted by Gasteiger charge is -2.28. The fraction of sp³-hybridized carbons (Fsp3) is 1.00. The van der Waals surface area contributed by atoms with Crippen LogP contribution in [0.2, 0.25) is 0 Å². The molecule has 0 aromatic heterocycles. The third-order valence-corrected chi connectivity index (χ3v) is 5.70. The molecule has 2 fully saturated rings. The average molecular weight is 427 g/mol. The lowest BCUT2D eigenvalue weighted by Crippen LogP contribution is -2.40. The summed E-state index contributed by atoms with van der Waals surface area (Å²) in [6.45, 7) is 9.59. The predicted molar refractivity (Wildman–Crippen MR) is 103 cm³/mol. The molecule has 3 atom stereocenters. The molecule has 2 heterocycles. The maximum atomic E-state index is 10.8. The van der Waals surface area contributed by atoms with Crippen LogP contribution in [0.25, 0.3) is 0 Å². The van der Waals surface area contributed by atoms with Crippen LogP contribution in [0.1, 0.15) is 19.3 Å². The van der Waals surface area contributed by atoms with Crippen LogP contribution in [-0.2, 0) is 13.6 Å². The summed E-state index contributed by atoms with van der Waals surface area (Å²) < 4.78 is 20.8. The zero-order valence-electron chi connectivity index (χ0n) is 15.9. The smallest absolute Gasteiger partial charge is 0.328 e. The van der Waals surface area contributed by atoms with Crippen LogP contribution in [0.3, 0.4) is 0 Å². The van der Waals surface area contributed by atoms with E-state index in [0.717, 1.165) is 84.7 Å². The molecule has 3 unspecified atom stereocenters. The third-order valence-electron chi connectivity index (χ3n) is 5.02. The lowest BCUT2D eigenvalue weighted by molar-refractivity contribution is 0.0863. The zero-order valence-corrected chi connectivity index (χ0v) is 17.6. The Bertz CT molecular complexity index is 437. The summed E-state index contributed by atoms with van der Waals surface area (Å²) in [6, 6.07) is 0. The summed E-state index contributed by atoms with van der Waals surface area (Å²) in [6.07, 6.45) is 3.08. The summed E-state index contributed by atoms with van der Waals surface area (Å²) in [7, 11) is -4.88. The van der Waals surface area contributed by atoms with Crippen LogP contribution in [0.5, 0.6) is 0 Å². The number of nitrogens with zero attached hydrogens (tertiary/aromatic N) is 4. The number of rotatable bonds is 6. The van der Waals surface area contributed by atoms with Gasteiger partial charge in [-0.2, -0.15) is 0 Å². The Morgan fingerprint density at radius 1 is 0.741 bits per heavy atom. The summed E-state index contributed by atoms with van der Waals surface area (Å²) >= 11 is 0. The molecule has 0 spiro atoms. The highest BCUT2D eigenvalue weighted by atomic mass is 31.2. The van der Waals surface area contributed by atoms with Gasteiger partial charge in [0, 0.05) is 43.8 Å². The van der Waals surface area contributed by atoms with Gasteiger partial charge >= 0.3 is 16.9 Å². The molecule has 27 heavy (non-hydrogen) atoms. The second-order valence-corrected chi connectivity index (χ2v) is 8.48. The van der Waals surface area contributed by atoms with Crippen molar-refractivity contribution in [1.29, 1.82) is 0 Å². The van der Waals surface area contributed by atoms with Crippen molar-refractivity contribution in [1.82, 2.24) is 19.6 Å². The molecule has 2 bridgehead atoms. The first kappa shape index (κ1) is 23.4. The Morgan fingerprint density at radius 2 is 1.22 bits per heavy atom. The summed E-state index contributed by atoms with van der Waals surface area (Å²) in [5.74, 6) is 0.